The van der Waals surface area contributed by atoms with E-state index in [0.717, 1.165) is 0 Å². The Morgan fingerprint density at radius 3 is 2.79 bits per heavy atom. The molecule has 0 unspecified atom stereocenters. The van der Waals surface area contributed by atoms with Crippen LogP contribution in [-0.4, -0.2) is 15.2 Å². The molecule has 0 saturated carbocycles. The zero-order valence-corrected chi connectivity index (χ0v) is 8.12. The first-order chi connectivity index (χ1) is 6.66. The van der Waals surface area contributed by atoms with Gasteiger partial charge in [0.2, 0.25) is 0 Å². The summed E-state index contributed by atoms with van der Waals surface area (Å²) in [5, 5.41) is 13.1. The molecule has 0 aliphatic rings. The number of halogens is 1. The Morgan fingerprint density at radius 2 is 2.21 bits per heavy atom. The summed E-state index contributed by atoms with van der Waals surface area (Å²) in [4.78, 5) is 4.03. The largest absolute Gasteiger partial charge is 0.506 e. The number of aromatic nitrogens is 2. The van der Waals surface area contributed by atoms with Gasteiger partial charge in [-0.25, -0.2) is 0 Å². The molecule has 0 atom stereocenters. The van der Waals surface area contributed by atoms with E-state index in [9.17, 15) is 5.11 Å². The van der Waals surface area contributed by atoms with Gasteiger partial charge in [0.05, 0.1) is 5.02 Å². The smallest absolute Gasteiger partial charge is 0.257 e. The van der Waals surface area contributed by atoms with E-state index in [1.807, 2.05) is 0 Å². The number of benzene rings is 1. The molecule has 0 aliphatic heterocycles. The molecule has 1 heterocycles. The van der Waals surface area contributed by atoms with E-state index in [1.165, 1.54) is 6.07 Å². The molecular formula is C9H7ClN2O2. The molecule has 0 spiro atoms. The van der Waals surface area contributed by atoms with Gasteiger partial charge in [0, 0.05) is 5.56 Å². The van der Waals surface area contributed by atoms with Crippen LogP contribution >= 0.6 is 11.6 Å². The summed E-state index contributed by atoms with van der Waals surface area (Å²) >= 11 is 5.73. The maximum atomic E-state index is 9.20. The van der Waals surface area contributed by atoms with Gasteiger partial charge in [-0.1, -0.05) is 16.8 Å². The average Bonchev–Trinajstić information content (AvgIpc) is 2.57. The summed E-state index contributed by atoms with van der Waals surface area (Å²) in [6.07, 6.45) is 0. The SMILES string of the molecule is Cc1noc(-c2ccc(O)c(Cl)c2)n1. The molecule has 0 aliphatic carbocycles. The lowest BCUT2D eigenvalue weighted by atomic mass is 10.2. The molecule has 1 N–H and O–H groups in total. The number of nitrogens with zero attached hydrogens (tertiary/aromatic N) is 2. The van der Waals surface area contributed by atoms with Crippen molar-refractivity contribution in [1.29, 1.82) is 0 Å². The fourth-order valence-corrected chi connectivity index (χ4v) is 1.23. The molecule has 2 rings (SSSR count). The van der Waals surface area contributed by atoms with E-state index in [0.29, 0.717) is 17.3 Å². The van der Waals surface area contributed by atoms with E-state index in [2.05, 4.69) is 10.1 Å². The molecule has 1 aromatic heterocycles. The Morgan fingerprint density at radius 1 is 1.43 bits per heavy atom. The zero-order valence-electron chi connectivity index (χ0n) is 7.36. The van der Waals surface area contributed by atoms with Gasteiger partial charge in [0.15, 0.2) is 5.82 Å². The van der Waals surface area contributed by atoms with Gasteiger partial charge in [-0.3, -0.25) is 0 Å². The van der Waals surface area contributed by atoms with Crippen LogP contribution in [0.1, 0.15) is 5.82 Å². The third kappa shape index (κ3) is 1.56. The van der Waals surface area contributed by atoms with Crippen molar-refractivity contribution >= 4 is 11.6 Å². The molecule has 0 saturated heterocycles. The van der Waals surface area contributed by atoms with Crippen LogP contribution < -0.4 is 0 Å². The fourth-order valence-electron chi connectivity index (χ4n) is 1.05. The third-order valence-electron chi connectivity index (χ3n) is 1.72. The minimum atomic E-state index is 0.0339. The maximum absolute atomic E-state index is 9.20. The molecule has 72 valence electrons. The van der Waals surface area contributed by atoms with E-state index in [-0.39, 0.29) is 10.8 Å². The minimum absolute atomic E-state index is 0.0339. The Kier molecular flexibility index (Phi) is 2.13. The molecule has 2 aromatic rings. The molecular weight excluding hydrogens is 204 g/mol. The van der Waals surface area contributed by atoms with Crippen molar-refractivity contribution in [2.45, 2.75) is 6.92 Å². The van der Waals surface area contributed by atoms with Crippen molar-refractivity contribution in [3.63, 3.8) is 0 Å². The number of phenolic OH excluding ortho intramolecular Hbond substituents is 1. The number of phenols is 1. The number of aromatic hydroxyl groups is 1. The highest BCUT2D eigenvalue weighted by Gasteiger charge is 2.08. The molecule has 14 heavy (non-hydrogen) atoms. The number of aryl methyl sites for hydroxylation is 1. The highest BCUT2D eigenvalue weighted by atomic mass is 35.5. The van der Waals surface area contributed by atoms with Crippen molar-refractivity contribution in [1.82, 2.24) is 10.1 Å². The maximum Gasteiger partial charge on any atom is 0.257 e. The lowest BCUT2D eigenvalue weighted by Gasteiger charge is -1.97. The Balaban J connectivity index is 2.47. The monoisotopic (exact) mass is 210 g/mol. The predicted octanol–water partition coefficient (Wildman–Crippen LogP) is 2.40. The van der Waals surface area contributed by atoms with Gasteiger partial charge in [0.1, 0.15) is 5.75 Å². The van der Waals surface area contributed by atoms with Crippen LogP contribution in [0.4, 0.5) is 0 Å². The topological polar surface area (TPSA) is 59.2 Å². The number of hydrogen-bond acceptors (Lipinski definition) is 4. The lowest BCUT2D eigenvalue weighted by Crippen LogP contribution is -1.78. The average molecular weight is 211 g/mol. The Hall–Kier alpha value is -1.55. The zero-order chi connectivity index (χ0) is 10.1. The quantitative estimate of drug-likeness (QED) is 0.785. The van der Waals surface area contributed by atoms with Gasteiger partial charge in [-0.15, -0.1) is 0 Å². The summed E-state index contributed by atoms with van der Waals surface area (Å²) in [5.41, 5.74) is 0.688. The highest BCUT2D eigenvalue weighted by Crippen LogP contribution is 2.28. The second-order valence-electron chi connectivity index (χ2n) is 2.81. The van der Waals surface area contributed by atoms with E-state index < -0.39 is 0 Å². The molecule has 0 bridgehead atoms. The molecule has 0 radical (unpaired) electrons. The van der Waals surface area contributed by atoms with Crippen LogP contribution in [-0.2, 0) is 0 Å². The van der Waals surface area contributed by atoms with Crippen molar-refractivity contribution in [2.75, 3.05) is 0 Å². The molecule has 1 aromatic carbocycles. The van der Waals surface area contributed by atoms with Crippen LogP contribution in [0.5, 0.6) is 5.75 Å². The van der Waals surface area contributed by atoms with Gasteiger partial charge in [0.25, 0.3) is 5.89 Å². The molecule has 4 nitrogen and oxygen atoms in total. The van der Waals surface area contributed by atoms with Gasteiger partial charge < -0.3 is 9.63 Å². The first-order valence-corrected chi connectivity index (χ1v) is 4.34. The fraction of sp³-hybridized carbons (Fsp3) is 0.111. The first kappa shape index (κ1) is 9.02. The molecule has 0 fully saturated rings. The van der Waals surface area contributed by atoms with Gasteiger partial charge >= 0.3 is 0 Å². The standard InChI is InChI=1S/C9H7ClN2O2/c1-5-11-9(14-12-5)6-2-3-8(13)7(10)4-6/h2-4,13H,1H3. The second kappa shape index (κ2) is 3.31. The highest BCUT2D eigenvalue weighted by molar-refractivity contribution is 6.32. The number of rotatable bonds is 1. The summed E-state index contributed by atoms with van der Waals surface area (Å²) in [7, 11) is 0. The van der Waals surface area contributed by atoms with Crippen LogP contribution in [0.2, 0.25) is 5.02 Å². The Labute approximate surface area is 85.1 Å². The summed E-state index contributed by atoms with van der Waals surface area (Å²) < 4.78 is 4.94. The summed E-state index contributed by atoms with van der Waals surface area (Å²) in [6.45, 7) is 1.73. The summed E-state index contributed by atoms with van der Waals surface area (Å²) in [6, 6.07) is 4.72. The summed E-state index contributed by atoms with van der Waals surface area (Å²) in [5.74, 6) is 0.986. The normalized spacial score (nSPS) is 10.4. The van der Waals surface area contributed by atoms with Crippen molar-refractivity contribution in [3.05, 3.63) is 29.0 Å². The number of hydrogen-bond donors (Lipinski definition) is 1. The van der Waals surface area contributed by atoms with Crippen molar-refractivity contribution < 1.29 is 9.63 Å². The van der Waals surface area contributed by atoms with Gasteiger partial charge in [-0.05, 0) is 25.1 Å². The Bertz CT molecular complexity index is 468. The van der Waals surface area contributed by atoms with Crippen LogP contribution in [0.3, 0.4) is 0 Å². The molecule has 5 heteroatoms. The minimum Gasteiger partial charge on any atom is -0.506 e. The van der Waals surface area contributed by atoms with Crippen molar-refractivity contribution in [3.8, 4) is 17.2 Å². The first-order valence-electron chi connectivity index (χ1n) is 3.96. The molecule has 0 amide bonds. The second-order valence-corrected chi connectivity index (χ2v) is 3.22. The van der Waals surface area contributed by atoms with Crippen LogP contribution in [0.25, 0.3) is 11.5 Å². The third-order valence-corrected chi connectivity index (χ3v) is 2.02. The lowest BCUT2D eigenvalue weighted by molar-refractivity contribution is 0.425. The van der Waals surface area contributed by atoms with Crippen LogP contribution in [0.15, 0.2) is 22.7 Å². The van der Waals surface area contributed by atoms with E-state index in [1.54, 1.807) is 19.1 Å². The van der Waals surface area contributed by atoms with Gasteiger partial charge in [-0.2, -0.15) is 4.98 Å². The van der Waals surface area contributed by atoms with E-state index in [4.69, 9.17) is 16.1 Å². The van der Waals surface area contributed by atoms with E-state index >= 15 is 0 Å². The van der Waals surface area contributed by atoms with Crippen LogP contribution in [0, 0.1) is 6.92 Å². The van der Waals surface area contributed by atoms with Crippen molar-refractivity contribution in [2.24, 2.45) is 0 Å². The predicted molar refractivity (Wildman–Crippen MR) is 51.1 cm³/mol.